The summed E-state index contributed by atoms with van der Waals surface area (Å²) >= 11 is 0. The first-order valence-electron chi connectivity index (χ1n) is 6.60. The van der Waals surface area contributed by atoms with Gasteiger partial charge in [0.1, 0.15) is 0 Å². The van der Waals surface area contributed by atoms with E-state index in [-0.39, 0.29) is 0 Å². The molecule has 2 aliphatic heterocycles. The Morgan fingerprint density at radius 3 is 2.62 bits per heavy atom. The zero-order valence-corrected chi connectivity index (χ0v) is 10.1. The van der Waals surface area contributed by atoms with Crippen LogP contribution < -0.4 is 0 Å². The van der Waals surface area contributed by atoms with Crippen molar-refractivity contribution in [1.29, 1.82) is 0 Å². The Bertz CT molecular complexity index is 346. The van der Waals surface area contributed by atoms with Gasteiger partial charge in [-0.05, 0) is 50.6 Å². The molecule has 1 aromatic rings. The van der Waals surface area contributed by atoms with E-state index >= 15 is 0 Å². The van der Waals surface area contributed by atoms with Crippen molar-refractivity contribution in [3.05, 3.63) is 35.9 Å². The van der Waals surface area contributed by atoms with E-state index in [0.29, 0.717) is 0 Å². The van der Waals surface area contributed by atoms with Crippen LogP contribution >= 0.6 is 0 Å². The molecule has 0 amide bonds. The largest absolute Gasteiger partial charge is 0.300 e. The molecule has 2 bridgehead atoms. The van der Waals surface area contributed by atoms with Crippen molar-refractivity contribution in [3.8, 4) is 0 Å². The van der Waals surface area contributed by atoms with Crippen LogP contribution in [0.5, 0.6) is 0 Å². The fraction of sp³-hybridized carbons (Fsp3) is 0.600. The Kier molecular flexibility index (Phi) is 2.72. The molecule has 0 radical (unpaired) electrons. The lowest BCUT2D eigenvalue weighted by Gasteiger charge is -2.37. The molecule has 3 rings (SSSR count). The molecule has 2 heterocycles. The van der Waals surface area contributed by atoms with Crippen molar-refractivity contribution in [2.45, 2.75) is 44.2 Å². The van der Waals surface area contributed by atoms with Gasteiger partial charge in [-0.3, -0.25) is 0 Å². The van der Waals surface area contributed by atoms with Gasteiger partial charge in [0.2, 0.25) is 0 Å². The summed E-state index contributed by atoms with van der Waals surface area (Å²) in [6.07, 6.45) is 7.01. The third kappa shape index (κ3) is 1.78. The van der Waals surface area contributed by atoms with E-state index in [2.05, 4.69) is 42.3 Å². The number of rotatable bonds is 2. The van der Waals surface area contributed by atoms with Crippen LogP contribution in [0.15, 0.2) is 30.3 Å². The second-order valence-electron chi connectivity index (χ2n) is 5.49. The number of nitrogens with zero attached hydrogens (tertiary/aromatic N) is 1. The molecule has 2 saturated heterocycles. The second-order valence-corrected chi connectivity index (χ2v) is 5.49. The summed E-state index contributed by atoms with van der Waals surface area (Å²) in [5.74, 6) is 0.895. The normalized spacial score (nSPS) is 34.2. The van der Waals surface area contributed by atoms with Crippen LogP contribution in [0.1, 0.15) is 31.2 Å². The summed E-state index contributed by atoms with van der Waals surface area (Å²) in [5, 5.41) is 0. The lowest BCUT2D eigenvalue weighted by molar-refractivity contribution is 0.120. The molecule has 2 unspecified atom stereocenters. The number of fused-ring (bicyclic) bond motifs is 2. The molecule has 2 aliphatic rings. The van der Waals surface area contributed by atoms with E-state index in [1.54, 1.807) is 0 Å². The summed E-state index contributed by atoms with van der Waals surface area (Å²) < 4.78 is 0. The highest BCUT2D eigenvalue weighted by molar-refractivity contribution is 5.16. The van der Waals surface area contributed by atoms with Gasteiger partial charge in [-0.15, -0.1) is 0 Å². The van der Waals surface area contributed by atoms with Crippen LogP contribution in [0, 0.1) is 5.92 Å². The zero-order valence-electron chi connectivity index (χ0n) is 10.1. The Balaban J connectivity index is 1.72. The predicted octanol–water partition coefficient (Wildman–Crippen LogP) is 3.10. The van der Waals surface area contributed by atoms with Crippen molar-refractivity contribution in [2.24, 2.45) is 5.92 Å². The predicted molar refractivity (Wildman–Crippen MR) is 67.4 cm³/mol. The summed E-state index contributed by atoms with van der Waals surface area (Å²) in [7, 11) is 2.33. The molecule has 0 saturated carbocycles. The fourth-order valence-electron chi connectivity index (χ4n) is 3.71. The smallest absolute Gasteiger partial charge is 0.0127 e. The molecule has 3 atom stereocenters. The van der Waals surface area contributed by atoms with Gasteiger partial charge in [-0.2, -0.15) is 0 Å². The maximum absolute atomic E-state index is 2.65. The number of benzene rings is 1. The Labute approximate surface area is 98.5 Å². The van der Waals surface area contributed by atoms with Gasteiger partial charge in [0, 0.05) is 12.1 Å². The summed E-state index contributed by atoms with van der Waals surface area (Å²) in [4.78, 5) is 2.65. The van der Waals surface area contributed by atoms with Gasteiger partial charge in [-0.25, -0.2) is 0 Å². The van der Waals surface area contributed by atoms with Gasteiger partial charge >= 0.3 is 0 Å². The average molecular weight is 215 g/mol. The quantitative estimate of drug-likeness (QED) is 0.732. The average Bonchev–Trinajstić information content (AvgIpc) is 2.55. The third-order valence-electron chi connectivity index (χ3n) is 4.65. The van der Waals surface area contributed by atoms with E-state index in [0.717, 1.165) is 18.0 Å². The van der Waals surface area contributed by atoms with E-state index in [9.17, 15) is 0 Å². The van der Waals surface area contributed by atoms with Crippen molar-refractivity contribution in [3.63, 3.8) is 0 Å². The molecule has 1 nitrogen and oxygen atoms in total. The summed E-state index contributed by atoms with van der Waals surface area (Å²) in [6, 6.07) is 12.8. The summed E-state index contributed by atoms with van der Waals surface area (Å²) in [5.41, 5.74) is 1.52. The molecule has 2 fully saturated rings. The lowest BCUT2D eigenvalue weighted by atomic mass is 9.85. The van der Waals surface area contributed by atoms with Crippen LogP contribution in [0.3, 0.4) is 0 Å². The van der Waals surface area contributed by atoms with Gasteiger partial charge < -0.3 is 4.90 Å². The van der Waals surface area contributed by atoms with Gasteiger partial charge in [0.05, 0.1) is 0 Å². The van der Waals surface area contributed by atoms with Crippen LogP contribution in [0.4, 0.5) is 0 Å². The Morgan fingerprint density at radius 2 is 1.81 bits per heavy atom. The Morgan fingerprint density at radius 1 is 1.06 bits per heavy atom. The second kappa shape index (κ2) is 4.21. The minimum absolute atomic E-state index is 0.860. The maximum Gasteiger partial charge on any atom is 0.0127 e. The van der Waals surface area contributed by atoms with Gasteiger partial charge in [0.25, 0.3) is 0 Å². The highest BCUT2D eigenvalue weighted by atomic mass is 15.2. The van der Waals surface area contributed by atoms with Crippen LogP contribution in [0.25, 0.3) is 0 Å². The molecule has 0 aromatic heterocycles. The van der Waals surface area contributed by atoms with Crippen molar-refractivity contribution in [2.75, 3.05) is 7.05 Å². The molecule has 0 N–H and O–H groups in total. The number of hydrogen-bond acceptors (Lipinski definition) is 1. The third-order valence-corrected chi connectivity index (χ3v) is 4.65. The van der Waals surface area contributed by atoms with Gasteiger partial charge in [0.15, 0.2) is 0 Å². The van der Waals surface area contributed by atoms with E-state index in [4.69, 9.17) is 0 Å². The molecule has 16 heavy (non-hydrogen) atoms. The first kappa shape index (κ1) is 10.3. The van der Waals surface area contributed by atoms with Crippen molar-refractivity contribution in [1.82, 2.24) is 4.90 Å². The number of hydrogen-bond donors (Lipinski definition) is 0. The molecule has 1 aromatic carbocycles. The highest BCUT2D eigenvalue weighted by Gasteiger charge is 2.39. The highest BCUT2D eigenvalue weighted by Crippen LogP contribution is 2.39. The van der Waals surface area contributed by atoms with E-state index in [1.165, 1.54) is 37.7 Å². The SMILES string of the molecule is CN1C2CCC1[C@H](Cc1ccccc1)CC2. The molecular formula is C15H21N. The molecule has 0 spiro atoms. The Hall–Kier alpha value is -0.820. The lowest BCUT2D eigenvalue weighted by Crippen LogP contribution is -2.42. The number of piperidine rings is 1. The summed E-state index contributed by atoms with van der Waals surface area (Å²) in [6.45, 7) is 0. The van der Waals surface area contributed by atoms with Crippen LogP contribution in [0.2, 0.25) is 0 Å². The first-order valence-corrected chi connectivity index (χ1v) is 6.60. The topological polar surface area (TPSA) is 3.24 Å². The minimum atomic E-state index is 0.860. The van der Waals surface area contributed by atoms with Crippen LogP contribution in [-0.2, 0) is 6.42 Å². The maximum atomic E-state index is 2.65. The zero-order chi connectivity index (χ0) is 11.0. The molecule has 86 valence electrons. The monoisotopic (exact) mass is 215 g/mol. The standard InChI is InChI=1S/C15H21N/c1-16-14-8-7-13(15(16)10-9-14)11-12-5-3-2-4-6-12/h2-6,13-15H,7-11H2,1H3/t13-,14?,15?/m0/s1. The molecular weight excluding hydrogens is 194 g/mol. The molecule has 0 aliphatic carbocycles. The van der Waals surface area contributed by atoms with Gasteiger partial charge in [-0.1, -0.05) is 30.3 Å². The minimum Gasteiger partial charge on any atom is -0.300 e. The van der Waals surface area contributed by atoms with Crippen molar-refractivity contribution >= 4 is 0 Å². The van der Waals surface area contributed by atoms with E-state index < -0.39 is 0 Å². The van der Waals surface area contributed by atoms with Crippen LogP contribution in [-0.4, -0.2) is 24.0 Å². The first-order chi connectivity index (χ1) is 7.84. The van der Waals surface area contributed by atoms with Crippen molar-refractivity contribution < 1.29 is 0 Å². The fourth-order valence-corrected chi connectivity index (χ4v) is 3.71. The van der Waals surface area contributed by atoms with E-state index in [1.807, 2.05) is 0 Å². The molecule has 1 heteroatoms.